The van der Waals surface area contributed by atoms with Crippen LogP contribution in [0.1, 0.15) is 38.5 Å². The topological polar surface area (TPSA) is 92.4 Å². The predicted octanol–water partition coefficient (Wildman–Crippen LogP) is 1.29. The lowest BCUT2D eigenvalue weighted by atomic mass is 10.1. The fourth-order valence-corrected chi connectivity index (χ4v) is 1.94. The number of amides is 1. The standard InChI is InChI=1S/C11H21IN2O3/c12-7-3-1-6-10(15)14-9(11(16)17)5-2-4-8-13/h9H,1-8,13H2,(H,14,15)(H,16,17)/t9-/m0/s1. The van der Waals surface area contributed by atoms with Crippen molar-refractivity contribution in [2.45, 2.75) is 44.6 Å². The molecule has 0 saturated heterocycles. The van der Waals surface area contributed by atoms with Gasteiger partial charge in [-0.15, -0.1) is 0 Å². The summed E-state index contributed by atoms with van der Waals surface area (Å²) >= 11 is 2.26. The molecule has 6 heteroatoms. The van der Waals surface area contributed by atoms with E-state index in [0.717, 1.165) is 30.1 Å². The van der Waals surface area contributed by atoms with Crippen LogP contribution in [0.4, 0.5) is 0 Å². The van der Waals surface area contributed by atoms with Crippen molar-refractivity contribution in [2.24, 2.45) is 5.73 Å². The first kappa shape index (κ1) is 16.6. The van der Waals surface area contributed by atoms with Gasteiger partial charge in [-0.2, -0.15) is 0 Å². The lowest BCUT2D eigenvalue weighted by molar-refractivity contribution is -0.142. The molecule has 0 aromatic carbocycles. The lowest BCUT2D eigenvalue weighted by Gasteiger charge is -2.14. The molecule has 1 atom stereocenters. The normalized spacial score (nSPS) is 12.1. The van der Waals surface area contributed by atoms with Crippen LogP contribution >= 0.6 is 22.6 Å². The van der Waals surface area contributed by atoms with E-state index in [-0.39, 0.29) is 5.91 Å². The Morgan fingerprint density at radius 2 is 1.94 bits per heavy atom. The third-order valence-corrected chi connectivity index (χ3v) is 3.13. The van der Waals surface area contributed by atoms with Gasteiger partial charge in [0.25, 0.3) is 0 Å². The van der Waals surface area contributed by atoms with Crippen molar-refractivity contribution >= 4 is 34.5 Å². The number of nitrogens with one attached hydrogen (secondary N) is 1. The summed E-state index contributed by atoms with van der Waals surface area (Å²) in [5.74, 6) is -1.14. The van der Waals surface area contributed by atoms with Crippen molar-refractivity contribution in [3.8, 4) is 0 Å². The number of alkyl halides is 1. The summed E-state index contributed by atoms with van der Waals surface area (Å²) in [5.41, 5.74) is 5.34. The highest BCUT2D eigenvalue weighted by atomic mass is 127. The maximum atomic E-state index is 11.5. The van der Waals surface area contributed by atoms with Gasteiger partial charge in [0, 0.05) is 6.42 Å². The average Bonchev–Trinajstić information content (AvgIpc) is 2.28. The van der Waals surface area contributed by atoms with E-state index in [1.165, 1.54) is 0 Å². The van der Waals surface area contributed by atoms with Crippen LogP contribution in [0, 0.1) is 0 Å². The zero-order chi connectivity index (χ0) is 13.1. The van der Waals surface area contributed by atoms with E-state index >= 15 is 0 Å². The number of carbonyl (C=O) groups is 2. The second kappa shape index (κ2) is 10.8. The minimum Gasteiger partial charge on any atom is -0.480 e. The minimum absolute atomic E-state index is 0.171. The van der Waals surface area contributed by atoms with Crippen LogP contribution in [0.2, 0.25) is 0 Å². The molecule has 0 radical (unpaired) electrons. The monoisotopic (exact) mass is 356 g/mol. The van der Waals surface area contributed by atoms with Crippen LogP contribution in [0.15, 0.2) is 0 Å². The molecule has 0 spiro atoms. The zero-order valence-electron chi connectivity index (χ0n) is 9.95. The molecule has 5 nitrogen and oxygen atoms in total. The SMILES string of the molecule is NCCCC[C@H](NC(=O)CCCCI)C(=O)O. The van der Waals surface area contributed by atoms with Crippen molar-refractivity contribution < 1.29 is 14.7 Å². The van der Waals surface area contributed by atoms with E-state index < -0.39 is 12.0 Å². The number of unbranched alkanes of at least 4 members (excludes halogenated alkanes) is 2. The molecule has 0 aromatic heterocycles. The van der Waals surface area contributed by atoms with Gasteiger partial charge in [0.15, 0.2) is 0 Å². The molecule has 0 aliphatic rings. The van der Waals surface area contributed by atoms with Gasteiger partial charge >= 0.3 is 5.97 Å². The number of hydrogen-bond donors (Lipinski definition) is 3. The van der Waals surface area contributed by atoms with Gasteiger partial charge in [0.05, 0.1) is 0 Å². The number of rotatable bonds is 10. The van der Waals surface area contributed by atoms with Crippen LogP contribution in [0.3, 0.4) is 0 Å². The third kappa shape index (κ3) is 9.34. The molecule has 0 bridgehead atoms. The Morgan fingerprint density at radius 3 is 2.47 bits per heavy atom. The number of carboxylic acid groups (broad SMARTS) is 1. The summed E-state index contributed by atoms with van der Waals surface area (Å²) < 4.78 is 1.02. The summed E-state index contributed by atoms with van der Waals surface area (Å²) in [6, 6.07) is -0.770. The first-order chi connectivity index (χ1) is 8.11. The molecule has 0 saturated carbocycles. The Kier molecular flexibility index (Phi) is 10.5. The Balaban J connectivity index is 3.89. The van der Waals surface area contributed by atoms with Crippen molar-refractivity contribution in [3.05, 3.63) is 0 Å². The Bertz CT molecular complexity index is 237. The van der Waals surface area contributed by atoms with E-state index in [1.54, 1.807) is 0 Å². The van der Waals surface area contributed by atoms with Gasteiger partial charge < -0.3 is 16.2 Å². The number of hydrogen-bond acceptors (Lipinski definition) is 3. The van der Waals surface area contributed by atoms with Gasteiger partial charge in [0.2, 0.25) is 5.91 Å². The molecular formula is C11H21IN2O3. The highest BCUT2D eigenvalue weighted by Crippen LogP contribution is 2.03. The van der Waals surface area contributed by atoms with Crippen LogP contribution in [0.5, 0.6) is 0 Å². The summed E-state index contributed by atoms with van der Waals surface area (Å²) in [6.45, 7) is 0.552. The number of carbonyl (C=O) groups excluding carboxylic acids is 1. The molecule has 0 unspecified atom stereocenters. The number of aliphatic carboxylic acids is 1. The predicted molar refractivity (Wildman–Crippen MR) is 75.2 cm³/mol. The Hall–Kier alpha value is -0.370. The molecule has 0 aromatic rings. The number of nitrogens with two attached hydrogens (primary N) is 1. The highest BCUT2D eigenvalue weighted by Gasteiger charge is 2.18. The molecule has 100 valence electrons. The van der Waals surface area contributed by atoms with Crippen molar-refractivity contribution in [1.82, 2.24) is 5.32 Å². The van der Waals surface area contributed by atoms with E-state index in [4.69, 9.17) is 10.8 Å². The molecule has 4 N–H and O–H groups in total. The molecule has 0 aliphatic carbocycles. The van der Waals surface area contributed by atoms with Gasteiger partial charge in [-0.25, -0.2) is 4.79 Å². The molecule has 0 heterocycles. The first-order valence-corrected chi connectivity index (χ1v) is 7.42. The van der Waals surface area contributed by atoms with E-state index in [1.807, 2.05) is 0 Å². The zero-order valence-corrected chi connectivity index (χ0v) is 12.1. The summed E-state index contributed by atoms with van der Waals surface area (Å²) in [5, 5.41) is 11.5. The van der Waals surface area contributed by atoms with Crippen LogP contribution in [0.25, 0.3) is 0 Å². The molecule has 0 rings (SSSR count). The largest absolute Gasteiger partial charge is 0.480 e. The minimum atomic E-state index is -0.968. The molecular weight excluding hydrogens is 335 g/mol. The lowest BCUT2D eigenvalue weighted by Crippen LogP contribution is -2.40. The molecule has 1 amide bonds. The number of halogens is 1. The maximum absolute atomic E-state index is 11.5. The third-order valence-electron chi connectivity index (χ3n) is 2.37. The fourth-order valence-electron chi connectivity index (χ4n) is 1.40. The smallest absolute Gasteiger partial charge is 0.326 e. The Morgan fingerprint density at radius 1 is 1.24 bits per heavy atom. The van der Waals surface area contributed by atoms with E-state index in [0.29, 0.717) is 19.4 Å². The Labute approximate surface area is 116 Å². The second-order valence-corrected chi connectivity index (χ2v) is 4.97. The van der Waals surface area contributed by atoms with Crippen LogP contribution in [-0.2, 0) is 9.59 Å². The van der Waals surface area contributed by atoms with Crippen molar-refractivity contribution in [1.29, 1.82) is 0 Å². The van der Waals surface area contributed by atoms with E-state index in [2.05, 4.69) is 27.9 Å². The quantitative estimate of drug-likeness (QED) is 0.312. The van der Waals surface area contributed by atoms with Gasteiger partial charge in [-0.3, -0.25) is 4.79 Å². The summed E-state index contributed by atoms with van der Waals surface area (Å²) in [7, 11) is 0. The fraction of sp³-hybridized carbons (Fsp3) is 0.818. The highest BCUT2D eigenvalue weighted by molar-refractivity contribution is 14.1. The number of carboxylic acids is 1. The summed E-state index contributed by atoms with van der Waals surface area (Å²) in [4.78, 5) is 22.4. The van der Waals surface area contributed by atoms with Gasteiger partial charge in [0.1, 0.15) is 6.04 Å². The van der Waals surface area contributed by atoms with Gasteiger partial charge in [-0.05, 0) is 43.1 Å². The first-order valence-electron chi connectivity index (χ1n) is 5.90. The summed E-state index contributed by atoms with van der Waals surface area (Å²) in [6.07, 6.45) is 4.16. The van der Waals surface area contributed by atoms with Crippen molar-refractivity contribution in [3.63, 3.8) is 0 Å². The maximum Gasteiger partial charge on any atom is 0.326 e. The molecule has 17 heavy (non-hydrogen) atoms. The van der Waals surface area contributed by atoms with E-state index in [9.17, 15) is 9.59 Å². The molecule has 0 fully saturated rings. The second-order valence-electron chi connectivity index (χ2n) is 3.89. The van der Waals surface area contributed by atoms with Crippen molar-refractivity contribution in [2.75, 3.05) is 11.0 Å². The van der Waals surface area contributed by atoms with Crippen LogP contribution in [-0.4, -0.2) is 34.0 Å². The van der Waals surface area contributed by atoms with Crippen LogP contribution < -0.4 is 11.1 Å². The van der Waals surface area contributed by atoms with Gasteiger partial charge in [-0.1, -0.05) is 22.6 Å². The average molecular weight is 356 g/mol. The molecule has 0 aliphatic heterocycles.